The first-order chi connectivity index (χ1) is 18.6. The lowest BCUT2D eigenvalue weighted by molar-refractivity contribution is -0.119. The average Bonchev–Trinajstić information content (AvgIpc) is 2.93. The molecule has 11 heteroatoms. The number of methoxy groups -OCH3 is 3. The van der Waals surface area contributed by atoms with Gasteiger partial charge < -0.3 is 24.3 Å². The minimum Gasteiger partial charge on any atom is -0.495 e. The molecule has 39 heavy (non-hydrogen) atoms. The van der Waals surface area contributed by atoms with E-state index in [2.05, 4.69) is 19.2 Å². The van der Waals surface area contributed by atoms with Crippen molar-refractivity contribution in [3.8, 4) is 23.0 Å². The normalized spacial score (nSPS) is 11.2. The molecule has 1 amide bonds. The maximum Gasteiger partial charge on any atom is 0.265 e. The molecule has 0 aliphatic carbocycles. The fraction of sp³-hybridized carbons (Fsp3) is 0.321. The van der Waals surface area contributed by atoms with Gasteiger partial charge in [-0.05, 0) is 47.9 Å². The number of nitrogens with zero attached hydrogens (tertiary/aromatic N) is 1. The molecule has 210 valence electrons. The van der Waals surface area contributed by atoms with Crippen molar-refractivity contribution in [2.45, 2.75) is 24.7 Å². The molecule has 0 spiro atoms. The van der Waals surface area contributed by atoms with E-state index in [1.165, 1.54) is 51.7 Å². The first-order valence-corrected chi connectivity index (χ1v) is 14.0. The summed E-state index contributed by atoms with van der Waals surface area (Å²) in [5.41, 5.74) is 1.17. The van der Waals surface area contributed by atoms with Gasteiger partial charge in [0.2, 0.25) is 5.91 Å². The highest BCUT2D eigenvalue weighted by molar-refractivity contribution is 7.92. The molecule has 3 aromatic rings. The maximum atomic E-state index is 13.9. The number of rotatable bonds is 13. The fourth-order valence-electron chi connectivity index (χ4n) is 3.89. The quantitative estimate of drug-likeness (QED) is 0.289. The van der Waals surface area contributed by atoms with Crippen molar-refractivity contribution in [1.29, 1.82) is 0 Å². The van der Waals surface area contributed by atoms with Crippen molar-refractivity contribution in [1.82, 2.24) is 5.32 Å². The van der Waals surface area contributed by atoms with Gasteiger partial charge in [-0.2, -0.15) is 0 Å². The number of benzene rings is 3. The summed E-state index contributed by atoms with van der Waals surface area (Å²) in [6.07, 6.45) is 0. The Labute approximate surface area is 234 Å². The molecule has 3 rings (SSSR count). The Hall–Kier alpha value is -3.63. The van der Waals surface area contributed by atoms with Gasteiger partial charge in [0, 0.05) is 11.1 Å². The molecule has 0 saturated heterocycles. The molecule has 0 heterocycles. The lowest BCUT2D eigenvalue weighted by Crippen LogP contribution is -2.42. The second kappa shape index (κ2) is 13.4. The zero-order valence-electron chi connectivity index (χ0n) is 22.6. The highest BCUT2D eigenvalue weighted by Gasteiger charge is 2.30. The first kappa shape index (κ1) is 29.9. The molecule has 0 radical (unpaired) electrons. The standard InChI is InChI=1S/C28H33ClN2O7S/c1-19(2)22-8-6-7-9-24(22)38-15-14-30-28(32)18-31(23-16-20(29)10-12-25(23)35-3)39(33,34)21-11-13-26(36-4)27(17-21)37-5/h6-13,16-17,19H,14-15,18H2,1-5H3,(H,30,32). The van der Waals surface area contributed by atoms with Gasteiger partial charge in [-0.15, -0.1) is 0 Å². The predicted octanol–water partition coefficient (Wildman–Crippen LogP) is 4.88. The van der Waals surface area contributed by atoms with Crippen LogP contribution < -0.4 is 28.6 Å². The molecule has 1 N–H and O–H groups in total. The predicted molar refractivity (Wildman–Crippen MR) is 151 cm³/mol. The Morgan fingerprint density at radius 3 is 2.23 bits per heavy atom. The number of hydrogen-bond acceptors (Lipinski definition) is 7. The van der Waals surface area contributed by atoms with E-state index >= 15 is 0 Å². The first-order valence-electron chi connectivity index (χ1n) is 12.2. The van der Waals surface area contributed by atoms with Crippen molar-refractivity contribution >= 4 is 33.2 Å². The molecular weight excluding hydrogens is 544 g/mol. The molecule has 0 saturated carbocycles. The third-order valence-electron chi connectivity index (χ3n) is 5.86. The van der Waals surface area contributed by atoms with Crippen LogP contribution in [-0.2, 0) is 14.8 Å². The Bertz CT molecular complexity index is 1400. The largest absolute Gasteiger partial charge is 0.495 e. The minimum absolute atomic E-state index is 0.108. The third-order valence-corrected chi connectivity index (χ3v) is 7.85. The second-order valence-corrected chi connectivity index (χ2v) is 11.0. The molecular formula is C28H33ClN2O7S. The number of para-hydroxylation sites is 1. The van der Waals surface area contributed by atoms with Crippen molar-refractivity contribution in [3.63, 3.8) is 0 Å². The summed E-state index contributed by atoms with van der Waals surface area (Å²) >= 11 is 6.20. The number of carbonyl (C=O) groups excluding carboxylic acids is 1. The molecule has 0 aliphatic rings. The number of amides is 1. The number of sulfonamides is 1. The van der Waals surface area contributed by atoms with Gasteiger partial charge in [-0.3, -0.25) is 9.10 Å². The average molecular weight is 577 g/mol. The number of nitrogens with one attached hydrogen (secondary N) is 1. The molecule has 0 fully saturated rings. The molecule has 3 aromatic carbocycles. The lowest BCUT2D eigenvalue weighted by Gasteiger charge is -2.26. The highest BCUT2D eigenvalue weighted by Crippen LogP contribution is 2.37. The molecule has 0 unspecified atom stereocenters. The van der Waals surface area contributed by atoms with Gasteiger partial charge in [-0.25, -0.2) is 8.42 Å². The smallest absolute Gasteiger partial charge is 0.265 e. The Morgan fingerprint density at radius 2 is 1.56 bits per heavy atom. The fourth-order valence-corrected chi connectivity index (χ4v) is 5.49. The van der Waals surface area contributed by atoms with E-state index in [-0.39, 0.29) is 46.2 Å². The summed E-state index contributed by atoms with van der Waals surface area (Å²) in [4.78, 5) is 12.9. The van der Waals surface area contributed by atoms with Crippen molar-refractivity contribution in [3.05, 3.63) is 71.2 Å². The van der Waals surface area contributed by atoms with E-state index in [0.29, 0.717) is 5.75 Å². The van der Waals surface area contributed by atoms with Gasteiger partial charge in [0.25, 0.3) is 10.0 Å². The molecule has 0 aliphatic heterocycles. The topological polar surface area (TPSA) is 103 Å². The summed E-state index contributed by atoms with van der Waals surface area (Å²) in [6.45, 7) is 3.99. The van der Waals surface area contributed by atoms with Gasteiger partial charge in [0.1, 0.15) is 24.7 Å². The van der Waals surface area contributed by atoms with E-state index < -0.39 is 22.5 Å². The van der Waals surface area contributed by atoms with Crippen LogP contribution in [0, 0.1) is 0 Å². The van der Waals surface area contributed by atoms with Crippen LogP contribution in [0.25, 0.3) is 0 Å². The zero-order valence-corrected chi connectivity index (χ0v) is 24.1. The minimum atomic E-state index is -4.28. The lowest BCUT2D eigenvalue weighted by atomic mass is 10.0. The van der Waals surface area contributed by atoms with Gasteiger partial charge in [0.05, 0.1) is 38.5 Å². The van der Waals surface area contributed by atoms with Crippen LogP contribution in [0.4, 0.5) is 5.69 Å². The maximum absolute atomic E-state index is 13.9. The Morgan fingerprint density at radius 1 is 0.897 bits per heavy atom. The summed E-state index contributed by atoms with van der Waals surface area (Å²) in [5, 5.41) is 3.00. The van der Waals surface area contributed by atoms with Gasteiger partial charge in [-0.1, -0.05) is 43.6 Å². The second-order valence-electron chi connectivity index (χ2n) is 8.74. The zero-order chi connectivity index (χ0) is 28.6. The Balaban J connectivity index is 1.85. The molecule has 0 aromatic heterocycles. The van der Waals surface area contributed by atoms with E-state index in [9.17, 15) is 13.2 Å². The van der Waals surface area contributed by atoms with E-state index in [4.69, 9.17) is 30.5 Å². The number of hydrogen-bond donors (Lipinski definition) is 1. The van der Waals surface area contributed by atoms with Crippen LogP contribution in [0.15, 0.2) is 65.6 Å². The third kappa shape index (κ3) is 7.27. The van der Waals surface area contributed by atoms with Crippen LogP contribution in [0.3, 0.4) is 0 Å². The summed E-state index contributed by atoms with van der Waals surface area (Å²) in [7, 11) is -0.0217. The van der Waals surface area contributed by atoms with Crippen molar-refractivity contribution < 1.29 is 32.2 Å². The van der Waals surface area contributed by atoms with E-state index in [1.54, 1.807) is 6.07 Å². The van der Waals surface area contributed by atoms with E-state index in [0.717, 1.165) is 15.6 Å². The highest BCUT2D eigenvalue weighted by atomic mass is 35.5. The van der Waals surface area contributed by atoms with Crippen LogP contribution >= 0.6 is 11.6 Å². The number of anilines is 1. The Kier molecular flexibility index (Phi) is 10.3. The van der Waals surface area contributed by atoms with Gasteiger partial charge in [0.15, 0.2) is 11.5 Å². The van der Waals surface area contributed by atoms with Crippen LogP contribution in [0.5, 0.6) is 23.0 Å². The SMILES string of the molecule is COc1ccc(S(=O)(=O)N(CC(=O)NCCOc2ccccc2C(C)C)c2cc(Cl)ccc2OC)cc1OC. The monoisotopic (exact) mass is 576 g/mol. The summed E-state index contributed by atoms with van der Waals surface area (Å²) < 4.78 is 50.4. The van der Waals surface area contributed by atoms with E-state index in [1.807, 2.05) is 24.3 Å². The van der Waals surface area contributed by atoms with Crippen LogP contribution in [-0.4, -0.2) is 55.4 Å². The molecule has 0 atom stereocenters. The molecule has 9 nitrogen and oxygen atoms in total. The number of halogens is 1. The molecule has 0 bridgehead atoms. The van der Waals surface area contributed by atoms with Crippen LogP contribution in [0.2, 0.25) is 5.02 Å². The number of ether oxygens (including phenoxy) is 4. The summed E-state index contributed by atoms with van der Waals surface area (Å²) in [6, 6.07) is 16.4. The van der Waals surface area contributed by atoms with Gasteiger partial charge >= 0.3 is 0 Å². The van der Waals surface area contributed by atoms with Crippen LogP contribution in [0.1, 0.15) is 25.3 Å². The summed E-state index contributed by atoms with van der Waals surface area (Å²) in [5.74, 6) is 1.29. The van der Waals surface area contributed by atoms with Crippen molar-refractivity contribution in [2.75, 3.05) is 45.3 Å². The number of carbonyl (C=O) groups is 1. The van der Waals surface area contributed by atoms with Crippen molar-refractivity contribution in [2.24, 2.45) is 0 Å².